The fourth-order valence-electron chi connectivity index (χ4n) is 4.14. The van der Waals surface area contributed by atoms with E-state index >= 15 is 0 Å². The van der Waals surface area contributed by atoms with Crippen molar-refractivity contribution >= 4 is 34.7 Å². The lowest BCUT2D eigenvalue weighted by molar-refractivity contribution is -0.138. The minimum Gasteiger partial charge on any atom is -0.377 e. The van der Waals surface area contributed by atoms with E-state index in [0.29, 0.717) is 41.6 Å². The first-order chi connectivity index (χ1) is 15.5. The van der Waals surface area contributed by atoms with Crippen molar-refractivity contribution in [2.24, 2.45) is 0 Å². The molecule has 6 nitrogen and oxygen atoms in total. The number of rotatable bonds is 7. The molecular formula is C25H28ClN3O3. The first kappa shape index (κ1) is 22.4. The van der Waals surface area contributed by atoms with E-state index in [1.807, 2.05) is 36.9 Å². The van der Waals surface area contributed by atoms with Gasteiger partial charge in [-0.1, -0.05) is 41.9 Å². The highest BCUT2D eigenvalue weighted by Crippen LogP contribution is 2.33. The molecule has 0 bridgehead atoms. The predicted molar refractivity (Wildman–Crippen MR) is 126 cm³/mol. The van der Waals surface area contributed by atoms with Gasteiger partial charge in [0.05, 0.1) is 24.8 Å². The van der Waals surface area contributed by atoms with Crippen molar-refractivity contribution in [1.82, 2.24) is 9.80 Å². The predicted octanol–water partition coefficient (Wildman–Crippen LogP) is 3.67. The number of ether oxygens (including phenoxy) is 1. The molecule has 2 heterocycles. The topological polar surface area (TPSA) is 53.1 Å². The van der Waals surface area contributed by atoms with Gasteiger partial charge in [-0.05, 0) is 43.7 Å². The Morgan fingerprint density at radius 1 is 0.875 bits per heavy atom. The minimum absolute atomic E-state index is 0.0389. The maximum atomic E-state index is 13.4. The van der Waals surface area contributed by atoms with Gasteiger partial charge in [0, 0.05) is 36.9 Å². The highest BCUT2D eigenvalue weighted by atomic mass is 35.5. The van der Waals surface area contributed by atoms with Gasteiger partial charge in [0.25, 0.3) is 11.8 Å². The van der Waals surface area contributed by atoms with Crippen LogP contribution in [0.15, 0.2) is 60.3 Å². The van der Waals surface area contributed by atoms with Gasteiger partial charge >= 0.3 is 0 Å². The van der Waals surface area contributed by atoms with Gasteiger partial charge in [-0.25, -0.2) is 0 Å². The SMILES string of the molecule is CC(C)OCCN1C(=O)C(c2ccc(Cl)cc2)=C(N2CCN(c3ccccc3)CC2)C1=O. The number of imide groups is 1. The average molecular weight is 454 g/mol. The van der Waals surface area contributed by atoms with Crippen LogP contribution in [0.2, 0.25) is 5.02 Å². The lowest BCUT2D eigenvalue weighted by Gasteiger charge is -2.37. The lowest BCUT2D eigenvalue weighted by Crippen LogP contribution is -2.47. The van der Waals surface area contributed by atoms with Gasteiger partial charge in [0.15, 0.2) is 0 Å². The van der Waals surface area contributed by atoms with Crippen LogP contribution in [0.25, 0.3) is 5.57 Å². The molecule has 0 saturated carbocycles. The van der Waals surface area contributed by atoms with Crippen molar-refractivity contribution < 1.29 is 14.3 Å². The zero-order valence-corrected chi connectivity index (χ0v) is 19.2. The van der Waals surface area contributed by atoms with Gasteiger partial charge in [0.1, 0.15) is 5.70 Å². The summed E-state index contributed by atoms with van der Waals surface area (Å²) in [5, 5.41) is 0.589. The van der Waals surface area contributed by atoms with Gasteiger partial charge < -0.3 is 14.5 Å². The highest BCUT2D eigenvalue weighted by molar-refractivity contribution is 6.36. The van der Waals surface area contributed by atoms with Crippen molar-refractivity contribution in [2.45, 2.75) is 20.0 Å². The standard InChI is InChI=1S/C25H28ClN3O3/c1-18(2)32-17-16-29-24(30)22(19-8-10-20(26)11-9-19)23(25(29)31)28-14-12-27(13-15-28)21-6-4-3-5-7-21/h3-11,18H,12-17H2,1-2H3. The van der Waals surface area contributed by atoms with Crippen LogP contribution in [0.3, 0.4) is 0 Å². The summed E-state index contributed by atoms with van der Waals surface area (Å²) < 4.78 is 5.60. The molecule has 32 heavy (non-hydrogen) atoms. The van der Waals surface area contributed by atoms with E-state index in [0.717, 1.165) is 13.1 Å². The largest absolute Gasteiger partial charge is 0.377 e. The number of hydrogen-bond acceptors (Lipinski definition) is 5. The first-order valence-corrected chi connectivity index (χ1v) is 11.4. The van der Waals surface area contributed by atoms with Crippen LogP contribution < -0.4 is 4.90 Å². The number of nitrogens with zero attached hydrogens (tertiary/aromatic N) is 3. The monoisotopic (exact) mass is 453 g/mol. The molecule has 2 aliphatic rings. The molecule has 0 spiro atoms. The molecule has 7 heteroatoms. The highest BCUT2D eigenvalue weighted by Gasteiger charge is 2.42. The Morgan fingerprint density at radius 2 is 1.50 bits per heavy atom. The van der Waals surface area contributed by atoms with Crippen LogP contribution in [-0.2, 0) is 14.3 Å². The minimum atomic E-state index is -0.273. The van der Waals surface area contributed by atoms with Crippen LogP contribution >= 0.6 is 11.6 Å². The normalized spacial score (nSPS) is 17.2. The fourth-order valence-corrected chi connectivity index (χ4v) is 4.27. The summed E-state index contributed by atoms with van der Waals surface area (Å²) in [6.07, 6.45) is 0.0389. The second kappa shape index (κ2) is 9.76. The molecule has 2 aromatic rings. The van der Waals surface area contributed by atoms with Crippen molar-refractivity contribution in [2.75, 3.05) is 44.2 Å². The summed E-state index contributed by atoms with van der Waals surface area (Å²) in [5.74, 6) is -0.523. The molecule has 2 aliphatic heterocycles. The number of halogens is 1. The molecule has 0 unspecified atom stereocenters. The summed E-state index contributed by atoms with van der Waals surface area (Å²) in [7, 11) is 0. The van der Waals surface area contributed by atoms with Crippen LogP contribution in [0.4, 0.5) is 5.69 Å². The van der Waals surface area contributed by atoms with Crippen LogP contribution in [0.5, 0.6) is 0 Å². The third-order valence-electron chi connectivity index (χ3n) is 5.76. The molecule has 2 aromatic carbocycles. The lowest BCUT2D eigenvalue weighted by atomic mass is 10.0. The molecule has 1 saturated heterocycles. The summed E-state index contributed by atoms with van der Waals surface area (Å²) in [4.78, 5) is 32.4. The van der Waals surface area contributed by atoms with Gasteiger partial charge in [-0.15, -0.1) is 0 Å². The van der Waals surface area contributed by atoms with Crippen LogP contribution in [0, 0.1) is 0 Å². The summed E-state index contributed by atoms with van der Waals surface area (Å²) in [6.45, 7) is 7.30. The molecular weight excluding hydrogens is 426 g/mol. The molecule has 1 fully saturated rings. The second-order valence-electron chi connectivity index (χ2n) is 8.22. The Morgan fingerprint density at radius 3 is 2.12 bits per heavy atom. The van der Waals surface area contributed by atoms with E-state index < -0.39 is 0 Å². The zero-order chi connectivity index (χ0) is 22.7. The summed E-state index contributed by atoms with van der Waals surface area (Å²) >= 11 is 6.06. The summed E-state index contributed by atoms with van der Waals surface area (Å²) in [5.41, 5.74) is 2.81. The molecule has 0 aliphatic carbocycles. The number of hydrogen-bond donors (Lipinski definition) is 0. The van der Waals surface area contributed by atoms with Crippen LogP contribution in [0.1, 0.15) is 19.4 Å². The van der Waals surface area contributed by atoms with Crippen molar-refractivity contribution in [3.63, 3.8) is 0 Å². The fraction of sp³-hybridized carbons (Fsp3) is 0.360. The van der Waals surface area contributed by atoms with Crippen molar-refractivity contribution in [1.29, 1.82) is 0 Å². The Bertz CT molecular complexity index is 997. The quantitative estimate of drug-likeness (QED) is 0.599. The zero-order valence-electron chi connectivity index (χ0n) is 18.5. The van der Waals surface area contributed by atoms with Gasteiger partial charge in [0.2, 0.25) is 0 Å². The van der Waals surface area contributed by atoms with E-state index in [9.17, 15) is 9.59 Å². The first-order valence-electron chi connectivity index (χ1n) is 11.0. The Kier molecular flexibility index (Phi) is 6.82. The molecule has 4 rings (SSSR count). The molecule has 0 N–H and O–H groups in total. The van der Waals surface area contributed by atoms with E-state index in [-0.39, 0.29) is 24.5 Å². The molecule has 2 amide bonds. The van der Waals surface area contributed by atoms with Gasteiger partial charge in [-0.2, -0.15) is 0 Å². The van der Waals surface area contributed by atoms with E-state index in [1.165, 1.54) is 10.6 Å². The van der Waals surface area contributed by atoms with E-state index in [4.69, 9.17) is 16.3 Å². The molecule has 0 atom stereocenters. The Labute approximate surface area is 194 Å². The summed E-state index contributed by atoms with van der Waals surface area (Å²) in [6, 6.07) is 17.3. The van der Waals surface area contributed by atoms with Crippen molar-refractivity contribution in [3.05, 3.63) is 70.9 Å². The molecule has 0 aromatic heterocycles. The molecule has 168 valence electrons. The Hall–Kier alpha value is -2.83. The third-order valence-corrected chi connectivity index (χ3v) is 6.01. The number of para-hydroxylation sites is 1. The van der Waals surface area contributed by atoms with Crippen molar-refractivity contribution in [3.8, 4) is 0 Å². The number of piperazine rings is 1. The average Bonchev–Trinajstić information content (AvgIpc) is 3.05. The molecule has 0 radical (unpaired) electrons. The maximum Gasteiger partial charge on any atom is 0.277 e. The van der Waals surface area contributed by atoms with Gasteiger partial charge in [-0.3, -0.25) is 14.5 Å². The number of carbonyl (C=O) groups is 2. The Balaban J connectivity index is 1.59. The number of amides is 2. The maximum absolute atomic E-state index is 13.4. The van der Waals surface area contributed by atoms with E-state index in [1.54, 1.807) is 24.3 Å². The smallest absolute Gasteiger partial charge is 0.277 e. The van der Waals surface area contributed by atoms with E-state index in [2.05, 4.69) is 17.0 Å². The number of benzene rings is 2. The number of anilines is 1. The third kappa shape index (κ3) is 4.66. The van der Waals surface area contributed by atoms with Crippen LogP contribution in [-0.4, -0.2) is 67.0 Å². The second-order valence-corrected chi connectivity index (χ2v) is 8.66. The number of carbonyl (C=O) groups excluding carboxylic acids is 2.